The average molecular weight is 452 g/mol. The van der Waals surface area contributed by atoms with Crippen LogP contribution in [0.15, 0.2) is 54.6 Å². The van der Waals surface area contributed by atoms with E-state index in [0.29, 0.717) is 23.3 Å². The molecule has 7 heteroatoms. The fraction of sp³-hybridized carbons (Fsp3) is 0.400. The van der Waals surface area contributed by atoms with Gasteiger partial charge in [-0.3, -0.25) is 14.5 Å². The molecule has 168 valence electrons. The van der Waals surface area contributed by atoms with Gasteiger partial charge in [0.05, 0.1) is 19.2 Å². The number of carbonyl (C=O) groups is 2. The van der Waals surface area contributed by atoms with Crippen molar-refractivity contribution in [2.75, 3.05) is 23.9 Å². The Morgan fingerprint density at radius 1 is 1.06 bits per heavy atom. The molecule has 2 amide bonds. The van der Waals surface area contributed by atoms with E-state index >= 15 is 0 Å². The summed E-state index contributed by atoms with van der Waals surface area (Å²) in [6.07, 6.45) is 6.03. The second kappa shape index (κ2) is 10.1. The zero-order valence-electron chi connectivity index (χ0n) is 18.3. The van der Waals surface area contributed by atoms with Crippen molar-refractivity contribution in [3.63, 3.8) is 0 Å². The van der Waals surface area contributed by atoms with Crippen LogP contribution in [0.5, 0.6) is 5.75 Å². The van der Waals surface area contributed by atoms with Gasteiger partial charge in [0.25, 0.3) is 5.91 Å². The monoisotopic (exact) mass is 451 g/mol. The predicted octanol–water partition coefficient (Wildman–Crippen LogP) is 4.61. The Morgan fingerprint density at radius 2 is 1.75 bits per heavy atom. The number of benzene rings is 2. The lowest BCUT2D eigenvalue weighted by atomic mass is 9.88. The lowest BCUT2D eigenvalue weighted by molar-refractivity contribution is -0.124. The number of carbonyl (C=O) groups excluding carboxylic acids is 2. The number of hydrogen-bond acceptors (Lipinski definition) is 4. The van der Waals surface area contributed by atoms with E-state index in [1.165, 1.54) is 19.3 Å². The van der Waals surface area contributed by atoms with Crippen LogP contribution in [0.3, 0.4) is 0 Å². The highest BCUT2D eigenvalue weighted by atomic mass is 32.1. The minimum Gasteiger partial charge on any atom is -0.497 e. The molecule has 1 N–H and O–H groups in total. The first-order valence-electron chi connectivity index (χ1n) is 11.2. The Balaban J connectivity index is 1.52. The molecule has 2 aromatic carbocycles. The minimum atomic E-state index is -0.595. The first-order chi connectivity index (χ1) is 15.6. The molecule has 0 spiro atoms. The zero-order valence-corrected chi connectivity index (χ0v) is 19.1. The molecule has 1 aliphatic heterocycles. The summed E-state index contributed by atoms with van der Waals surface area (Å²) in [6.45, 7) is 0.717. The maximum atomic E-state index is 13.4. The molecule has 6 nitrogen and oxygen atoms in total. The number of thiocarbonyl (C=S) groups is 1. The van der Waals surface area contributed by atoms with Gasteiger partial charge in [-0.05, 0) is 67.4 Å². The van der Waals surface area contributed by atoms with Crippen molar-refractivity contribution in [2.45, 2.75) is 44.6 Å². The number of para-hydroxylation sites is 1. The fourth-order valence-electron chi connectivity index (χ4n) is 4.57. The molecular weight excluding hydrogens is 422 g/mol. The molecule has 0 aromatic heterocycles. The largest absolute Gasteiger partial charge is 0.497 e. The first-order valence-corrected chi connectivity index (χ1v) is 11.6. The normalized spacial score (nSPS) is 19.3. The van der Waals surface area contributed by atoms with Gasteiger partial charge in [0, 0.05) is 12.2 Å². The van der Waals surface area contributed by atoms with Crippen molar-refractivity contribution in [1.29, 1.82) is 0 Å². The highest BCUT2D eigenvalue weighted by Crippen LogP contribution is 2.31. The van der Waals surface area contributed by atoms with E-state index in [9.17, 15) is 9.59 Å². The van der Waals surface area contributed by atoms with E-state index in [1.54, 1.807) is 36.3 Å². The molecule has 0 unspecified atom stereocenters. The van der Waals surface area contributed by atoms with Gasteiger partial charge in [0.1, 0.15) is 11.8 Å². The number of ether oxygens (including phenoxy) is 1. The summed E-state index contributed by atoms with van der Waals surface area (Å²) >= 11 is 5.76. The first kappa shape index (κ1) is 22.3. The van der Waals surface area contributed by atoms with Crippen LogP contribution in [0.2, 0.25) is 0 Å². The van der Waals surface area contributed by atoms with Crippen LogP contribution in [-0.4, -0.2) is 41.5 Å². The number of rotatable bonds is 7. The van der Waals surface area contributed by atoms with Gasteiger partial charge in [0.15, 0.2) is 5.11 Å². The van der Waals surface area contributed by atoms with Crippen LogP contribution in [0.4, 0.5) is 11.4 Å². The molecule has 1 atom stereocenters. The van der Waals surface area contributed by atoms with Crippen molar-refractivity contribution in [1.82, 2.24) is 4.90 Å². The number of nitrogens with one attached hydrogen (secondary N) is 1. The predicted molar refractivity (Wildman–Crippen MR) is 130 cm³/mol. The number of methoxy groups -OCH3 is 1. The highest BCUT2D eigenvalue weighted by molar-refractivity contribution is 7.80. The van der Waals surface area contributed by atoms with Crippen LogP contribution >= 0.6 is 12.2 Å². The molecule has 1 aliphatic carbocycles. The van der Waals surface area contributed by atoms with Crippen molar-refractivity contribution >= 4 is 40.5 Å². The molecule has 2 aromatic rings. The SMILES string of the molecule is COc1ccc(NC(=O)C[C@@H]2C(=O)N(c3ccccc3)C(=S)N2CC2CCCCC2)cc1. The summed E-state index contributed by atoms with van der Waals surface area (Å²) in [5.74, 6) is 0.871. The minimum absolute atomic E-state index is 0.0566. The van der Waals surface area contributed by atoms with Gasteiger partial charge in [-0.25, -0.2) is 0 Å². The topological polar surface area (TPSA) is 61.9 Å². The van der Waals surface area contributed by atoms with E-state index in [0.717, 1.165) is 24.3 Å². The molecular formula is C25H29N3O3S. The maximum Gasteiger partial charge on any atom is 0.256 e. The molecule has 4 rings (SSSR count). The van der Waals surface area contributed by atoms with E-state index in [1.807, 2.05) is 35.2 Å². The summed E-state index contributed by atoms with van der Waals surface area (Å²) in [4.78, 5) is 29.9. The van der Waals surface area contributed by atoms with E-state index < -0.39 is 6.04 Å². The molecule has 2 fully saturated rings. The van der Waals surface area contributed by atoms with E-state index in [4.69, 9.17) is 17.0 Å². The molecule has 0 radical (unpaired) electrons. The van der Waals surface area contributed by atoms with Crippen LogP contribution < -0.4 is 15.0 Å². The fourth-order valence-corrected chi connectivity index (χ4v) is 4.96. The second-order valence-corrected chi connectivity index (χ2v) is 8.81. The molecule has 32 heavy (non-hydrogen) atoms. The van der Waals surface area contributed by atoms with Gasteiger partial charge in [-0.15, -0.1) is 0 Å². The van der Waals surface area contributed by atoms with Crippen LogP contribution in [-0.2, 0) is 9.59 Å². The summed E-state index contributed by atoms with van der Waals surface area (Å²) < 4.78 is 5.16. The van der Waals surface area contributed by atoms with E-state index in [2.05, 4.69) is 5.32 Å². The van der Waals surface area contributed by atoms with Crippen molar-refractivity contribution in [3.05, 3.63) is 54.6 Å². The summed E-state index contributed by atoms with van der Waals surface area (Å²) in [5, 5.41) is 3.39. The smallest absolute Gasteiger partial charge is 0.256 e. The second-order valence-electron chi connectivity index (χ2n) is 8.44. The Bertz CT molecular complexity index is 958. The van der Waals surface area contributed by atoms with Crippen molar-refractivity contribution < 1.29 is 14.3 Å². The summed E-state index contributed by atoms with van der Waals surface area (Å²) in [7, 11) is 1.60. The van der Waals surface area contributed by atoms with Gasteiger partial charge in [0.2, 0.25) is 5.91 Å². The highest BCUT2D eigenvalue weighted by Gasteiger charge is 2.44. The quantitative estimate of drug-likeness (QED) is 0.623. The molecule has 1 saturated carbocycles. The Labute approximate surface area is 194 Å². The lowest BCUT2D eigenvalue weighted by Gasteiger charge is -2.30. The third-order valence-corrected chi connectivity index (χ3v) is 6.68. The zero-order chi connectivity index (χ0) is 22.5. The average Bonchev–Trinajstić information content (AvgIpc) is 3.04. The van der Waals surface area contributed by atoms with Gasteiger partial charge in [-0.2, -0.15) is 0 Å². The molecule has 1 saturated heterocycles. The standard InChI is InChI=1S/C25H29N3O3S/c1-31-21-14-12-19(13-15-21)26-23(29)16-22-24(30)28(20-10-6-3-7-11-20)25(32)27(22)17-18-8-4-2-5-9-18/h3,6-7,10-15,18,22H,2,4-5,8-9,16-17H2,1H3,(H,26,29)/t22-/m1/s1. The van der Waals surface area contributed by atoms with E-state index in [-0.39, 0.29) is 18.2 Å². The Morgan fingerprint density at radius 3 is 2.41 bits per heavy atom. The van der Waals surface area contributed by atoms with Crippen LogP contribution in [0.25, 0.3) is 0 Å². The van der Waals surface area contributed by atoms with Crippen LogP contribution in [0, 0.1) is 5.92 Å². The lowest BCUT2D eigenvalue weighted by Crippen LogP contribution is -2.41. The Hall–Kier alpha value is -2.93. The third-order valence-electron chi connectivity index (χ3n) is 6.27. The number of hydrogen-bond donors (Lipinski definition) is 1. The number of nitrogens with zero attached hydrogens (tertiary/aromatic N) is 2. The molecule has 1 heterocycles. The van der Waals surface area contributed by atoms with Crippen LogP contribution in [0.1, 0.15) is 38.5 Å². The Kier molecular flexibility index (Phi) is 7.05. The van der Waals surface area contributed by atoms with Gasteiger partial charge < -0.3 is 15.0 Å². The number of amides is 2. The summed E-state index contributed by atoms with van der Waals surface area (Å²) in [6, 6.07) is 16.0. The van der Waals surface area contributed by atoms with Gasteiger partial charge in [-0.1, -0.05) is 37.5 Å². The number of anilines is 2. The summed E-state index contributed by atoms with van der Waals surface area (Å²) in [5.41, 5.74) is 1.41. The van der Waals surface area contributed by atoms with Crippen molar-refractivity contribution in [3.8, 4) is 5.75 Å². The van der Waals surface area contributed by atoms with Crippen molar-refractivity contribution in [2.24, 2.45) is 5.92 Å². The molecule has 2 aliphatic rings. The maximum absolute atomic E-state index is 13.4. The third kappa shape index (κ3) is 4.93. The van der Waals surface area contributed by atoms with Gasteiger partial charge >= 0.3 is 0 Å². The molecule has 0 bridgehead atoms.